The fraction of sp³-hybridized carbons (Fsp3) is 0.300. The Bertz CT molecular complexity index is 200. The predicted molar refractivity (Wildman–Crippen MR) is 49.5 cm³/mol. The number of hydrogen-bond donors (Lipinski definition) is 0. The predicted octanol–water partition coefficient (Wildman–Crippen LogP) is 2.59. The Hall–Kier alpha value is -1.31. The zero-order valence-electron chi connectivity index (χ0n) is 7.49. The highest BCUT2D eigenvalue weighted by atomic mass is 16.5. The minimum Gasteiger partial charge on any atom is -0.435 e. The highest BCUT2D eigenvalue weighted by molar-refractivity contribution is 5.66. The first-order valence-electron chi connectivity index (χ1n) is 3.87. The van der Waals surface area contributed by atoms with E-state index in [0.717, 1.165) is 6.42 Å². The number of carbonyl (C=O) groups is 1. The first-order valence-corrected chi connectivity index (χ1v) is 3.87. The van der Waals surface area contributed by atoms with Crippen LogP contribution in [0.4, 0.5) is 0 Å². The van der Waals surface area contributed by atoms with Crippen LogP contribution in [-0.4, -0.2) is 5.97 Å². The minimum atomic E-state index is -0.288. The molecule has 2 nitrogen and oxygen atoms in total. The summed E-state index contributed by atoms with van der Waals surface area (Å²) in [6, 6.07) is 0. The van der Waals surface area contributed by atoms with Gasteiger partial charge >= 0.3 is 5.97 Å². The third-order valence-electron chi connectivity index (χ3n) is 1.04. The molecule has 0 saturated heterocycles. The Balaban J connectivity index is 3.42. The molecule has 0 saturated carbocycles. The topological polar surface area (TPSA) is 26.3 Å². The maximum absolute atomic E-state index is 10.3. The standard InChI is InChI=1S/C10H14O2/c1-3-4-5-6-7-8-9-12-10(2)11/h3-6,8-9H,7H2,1-2H3. The number of ether oxygens (including phenoxy) is 1. The van der Waals surface area contributed by atoms with Crippen molar-refractivity contribution in [3.63, 3.8) is 0 Å². The second-order valence-corrected chi connectivity index (χ2v) is 2.17. The van der Waals surface area contributed by atoms with Gasteiger partial charge in [-0.1, -0.05) is 24.3 Å². The van der Waals surface area contributed by atoms with Crippen LogP contribution in [0.2, 0.25) is 0 Å². The molecule has 12 heavy (non-hydrogen) atoms. The first-order chi connectivity index (χ1) is 5.77. The van der Waals surface area contributed by atoms with E-state index in [4.69, 9.17) is 0 Å². The molecule has 0 heterocycles. The normalized spacial score (nSPS) is 11.8. The molecule has 0 aliphatic carbocycles. The summed E-state index contributed by atoms with van der Waals surface area (Å²) in [6.07, 6.45) is 11.8. The molecular formula is C10H14O2. The average Bonchev–Trinajstić information content (AvgIpc) is 2.02. The lowest BCUT2D eigenvalue weighted by atomic mass is 10.3. The summed E-state index contributed by atoms with van der Waals surface area (Å²) >= 11 is 0. The summed E-state index contributed by atoms with van der Waals surface area (Å²) in [5.41, 5.74) is 0. The van der Waals surface area contributed by atoms with Crippen LogP contribution in [0.25, 0.3) is 0 Å². The number of allylic oxidation sites excluding steroid dienone is 5. The van der Waals surface area contributed by atoms with Crippen molar-refractivity contribution in [2.24, 2.45) is 0 Å². The van der Waals surface area contributed by atoms with Crippen molar-refractivity contribution < 1.29 is 9.53 Å². The summed E-state index contributed by atoms with van der Waals surface area (Å²) in [5, 5.41) is 0. The van der Waals surface area contributed by atoms with Crippen LogP contribution in [-0.2, 0) is 9.53 Å². The second-order valence-electron chi connectivity index (χ2n) is 2.17. The van der Waals surface area contributed by atoms with E-state index in [9.17, 15) is 4.79 Å². The highest BCUT2D eigenvalue weighted by Gasteiger charge is 1.82. The monoisotopic (exact) mass is 166 g/mol. The number of carbonyl (C=O) groups excluding carboxylic acids is 1. The molecule has 66 valence electrons. The molecule has 0 bridgehead atoms. The van der Waals surface area contributed by atoms with Gasteiger partial charge in [0.1, 0.15) is 0 Å². The third kappa shape index (κ3) is 8.69. The summed E-state index contributed by atoms with van der Waals surface area (Å²) in [7, 11) is 0. The van der Waals surface area contributed by atoms with Gasteiger partial charge in [0, 0.05) is 6.92 Å². The van der Waals surface area contributed by atoms with Crippen LogP contribution in [0.3, 0.4) is 0 Å². The Morgan fingerprint density at radius 1 is 1.33 bits per heavy atom. The van der Waals surface area contributed by atoms with E-state index in [1.807, 2.05) is 31.2 Å². The van der Waals surface area contributed by atoms with Gasteiger partial charge in [-0.2, -0.15) is 0 Å². The van der Waals surface area contributed by atoms with Crippen molar-refractivity contribution >= 4 is 5.97 Å². The number of hydrogen-bond acceptors (Lipinski definition) is 2. The van der Waals surface area contributed by atoms with Crippen LogP contribution in [0.1, 0.15) is 20.3 Å². The Labute approximate surface area is 73.2 Å². The molecule has 0 N–H and O–H groups in total. The Morgan fingerprint density at radius 2 is 2.08 bits per heavy atom. The molecule has 0 rings (SSSR count). The zero-order valence-corrected chi connectivity index (χ0v) is 7.49. The quantitative estimate of drug-likeness (QED) is 0.364. The fourth-order valence-corrected chi connectivity index (χ4v) is 0.546. The molecule has 0 aromatic heterocycles. The molecule has 2 heteroatoms. The lowest BCUT2D eigenvalue weighted by Gasteiger charge is -1.87. The van der Waals surface area contributed by atoms with Gasteiger partial charge in [-0.3, -0.25) is 4.79 Å². The Morgan fingerprint density at radius 3 is 2.67 bits per heavy atom. The van der Waals surface area contributed by atoms with Crippen LogP contribution >= 0.6 is 0 Å². The molecule has 0 aromatic rings. The molecule has 0 unspecified atom stereocenters. The Kier molecular flexibility index (Phi) is 6.94. The SMILES string of the molecule is CC=CC=CCC=COC(C)=O. The van der Waals surface area contributed by atoms with E-state index in [1.54, 1.807) is 6.08 Å². The van der Waals surface area contributed by atoms with Gasteiger partial charge in [0.05, 0.1) is 6.26 Å². The van der Waals surface area contributed by atoms with Crippen molar-refractivity contribution in [2.75, 3.05) is 0 Å². The van der Waals surface area contributed by atoms with Crippen molar-refractivity contribution in [2.45, 2.75) is 20.3 Å². The molecule has 0 atom stereocenters. The van der Waals surface area contributed by atoms with E-state index in [1.165, 1.54) is 13.2 Å². The molecule has 0 fully saturated rings. The van der Waals surface area contributed by atoms with Crippen LogP contribution in [0.5, 0.6) is 0 Å². The fourth-order valence-electron chi connectivity index (χ4n) is 0.546. The van der Waals surface area contributed by atoms with E-state index in [-0.39, 0.29) is 5.97 Å². The lowest BCUT2D eigenvalue weighted by molar-refractivity contribution is -0.135. The molecular weight excluding hydrogens is 152 g/mol. The summed E-state index contributed by atoms with van der Waals surface area (Å²) in [5.74, 6) is -0.288. The van der Waals surface area contributed by atoms with Gasteiger partial charge in [0.25, 0.3) is 0 Å². The smallest absolute Gasteiger partial charge is 0.307 e. The summed E-state index contributed by atoms with van der Waals surface area (Å²) in [4.78, 5) is 10.3. The van der Waals surface area contributed by atoms with Gasteiger partial charge in [-0.05, 0) is 19.4 Å². The largest absolute Gasteiger partial charge is 0.435 e. The molecule has 0 aromatic carbocycles. The van der Waals surface area contributed by atoms with E-state index < -0.39 is 0 Å². The van der Waals surface area contributed by atoms with Crippen molar-refractivity contribution in [3.05, 3.63) is 36.6 Å². The first kappa shape index (κ1) is 10.7. The highest BCUT2D eigenvalue weighted by Crippen LogP contribution is 1.88. The number of rotatable bonds is 4. The van der Waals surface area contributed by atoms with Gasteiger partial charge in [0.2, 0.25) is 0 Å². The molecule has 0 aliphatic rings. The van der Waals surface area contributed by atoms with Crippen molar-refractivity contribution in [1.29, 1.82) is 0 Å². The summed E-state index contributed by atoms with van der Waals surface area (Å²) in [6.45, 7) is 3.33. The average molecular weight is 166 g/mol. The lowest BCUT2D eigenvalue weighted by Crippen LogP contribution is -1.88. The number of esters is 1. The third-order valence-corrected chi connectivity index (χ3v) is 1.04. The van der Waals surface area contributed by atoms with E-state index >= 15 is 0 Å². The molecule has 0 amide bonds. The zero-order chi connectivity index (χ0) is 9.23. The molecule has 0 spiro atoms. The van der Waals surface area contributed by atoms with Gasteiger partial charge in [-0.25, -0.2) is 0 Å². The maximum Gasteiger partial charge on any atom is 0.307 e. The van der Waals surface area contributed by atoms with Crippen molar-refractivity contribution in [3.8, 4) is 0 Å². The second kappa shape index (κ2) is 7.79. The van der Waals surface area contributed by atoms with Gasteiger partial charge in [0.15, 0.2) is 0 Å². The van der Waals surface area contributed by atoms with Crippen molar-refractivity contribution in [1.82, 2.24) is 0 Å². The van der Waals surface area contributed by atoms with E-state index in [0.29, 0.717) is 0 Å². The molecule has 0 aliphatic heterocycles. The van der Waals surface area contributed by atoms with Gasteiger partial charge in [-0.15, -0.1) is 0 Å². The van der Waals surface area contributed by atoms with Crippen LogP contribution < -0.4 is 0 Å². The molecule has 0 radical (unpaired) electrons. The van der Waals surface area contributed by atoms with E-state index in [2.05, 4.69) is 4.74 Å². The van der Waals surface area contributed by atoms with Crippen LogP contribution in [0, 0.1) is 0 Å². The van der Waals surface area contributed by atoms with Gasteiger partial charge < -0.3 is 4.74 Å². The minimum absolute atomic E-state index is 0.288. The van der Waals surface area contributed by atoms with Crippen LogP contribution in [0.15, 0.2) is 36.6 Å². The maximum atomic E-state index is 10.3. The summed E-state index contributed by atoms with van der Waals surface area (Å²) < 4.78 is 4.58.